The molecule has 0 bridgehead atoms. The third kappa shape index (κ3) is 1.87. The van der Waals surface area contributed by atoms with Gasteiger partial charge in [0.05, 0.1) is 5.71 Å². The van der Waals surface area contributed by atoms with Crippen molar-refractivity contribution in [3.05, 3.63) is 12.2 Å². The molecule has 0 radical (unpaired) electrons. The maximum atomic E-state index is 12.4. The second-order valence-corrected chi connectivity index (χ2v) is 8.57. The van der Waals surface area contributed by atoms with Crippen LogP contribution in [0.1, 0.15) is 52.4 Å². The number of fused-ring (bicyclic) bond motifs is 5. The number of nitrogens with zero attached hydrogens (tertiary/aromatic N) is 1. The first-order valence-corrected chi connectivity index (χ1v) is 8.85. The van der Waals surface area contributed by atoms with Gasteiger partial charge in [-0.15, -0.1) is 0 Å². The molecule has 4 nitrogen and oxygen atoms in total. The van der Waals surface area contributed by atoms with E-state index in [4.69, 9.17) is 0 Å². The van der Waals surface area contributed by atoms with E-state index in [2.05, 4.69) is 25.1 Å². The molecule has 0 aromatic carbocycles. The van der Waals surface area contributed by atoms with Crippen molar-refractivity contribution < 1.29 is 14.8 Å². The normalized spacial score (nSPS) is 50.6. The van der Waals surface area contributed by atoms with Crippen LogP contribution in [0.3, 0.4) is 0 Å². The second-order valence-electron chi connectivity index (χ2n) is 8.57. The van der Waals surface area contributed by atoms with Crippen molar-refractivity contribution in [3.63, 3.8) is 0 Å². The molecular weight excluding hydrogens is 290 g/mol. The highest BCUT2D eigenvalue weighted by Crippen LogP contribution is 2.63. The molecular formula is C19H25NO3. The summed E-state index contributed by atoms with van der Waals surface area (Å²) in [6.07, 6.45) is 8.64. The number of allylic oxidation sites excluding steroid dienone is 2. The number of oxime groups is 1. The van der Waals surface area contributed by atoms with E-state index in [1.54, 1.807) is 6.08 Å². The molecule has 0 amide bonds. The number of rotatable bonds is 0. The van der Waals surface area contributed by atoms with E-state index in [1.807, 2.05) is 0 Å². The summed E-state index contributed by atoms with van der Waals surface area (Å²) < 4.78 is 0. The van der Waals surface area contributed by atoms with Gasteiger partial charge in [0, 0.05) is 24.2 Å². The summed E-state index contributed by atoms with van der Waals surface area (Å²) in [5.74, 6) is 1.76. The monoisotopic (exact) mass is 315 g/mol. The maximum Gasteiger partial charge on any atom is 0.161 e. The summed E-state index contributed by atoms with van der Waals surface area (Å²) in [5, 5.41) is 13.2. The van der Waals surface area contributed by atoms with Gasteiger partial charge in [-0.25, -0.2) is 0 Å². The Bertz CT molecular complexity index is 637. The molecule has 0 aromatic rings. The van der Waals surface area contributed by atoms with Crippen LogP contribution >= 0.6 is 0 Å². The molecule has 124 valence electrons. The van der Waals surface area contributed by atoms with Gasteiger partial charge in [0.25, 0.3) is 0 Å². The van der Waals surface area contributed by atoms with Crippen LogP contribution in [0.25, 0.3) is 0 Å². The summed E-state index contributed by atoms with van der Waals surface area (Å²) in [6, 6.07) is 0. The van der Waals surface area contributed by atoms with Gasteiger partial charge in [0.2, 0.25) is 0 Å². The molecule has 4 aliphatic rings. The fraction of sp³-hybridized carbons (Fsp3) is 0.737. The summed E-state index contributed by atoms with van der Waals surface area (Å²) in [6.45, 7) is 4.39. The Kier molecular flexibility index (Phi) is 3.14. The number of hydrogen-bond donors (Lipinski definition) is 1. The lowest BCUT2D eigenvalue weighted by Crippen LogP contribution is -2.56. The Balaban J connectivity index is 1.75. The zero-order valence-corrected chi connectivity index (χ0v) is 13.9. The summed E-state index contributed by atoms with van der Waals surface area (Å²) in [5.41, 5.74) is 0.549. The highest BCUT2D eigenvalue weighted by atomic mass is 16.4. The van der Waals surface area contributed by atoms with E-state index in [0.717, 1.165) is 31.4 Å². The van der Waals surface area contributed by atoms with Crippen LogP contribution in [0.15, 0.2) is 17.3 Å². The Morgan fingerprint density at radius 1 is 1.22 bits per heavy atom. The molecule has 4 rings (SSSR count). The minimum Gasteiger partial charge on any atom is -0.411 e. The predicted molar refractivity (Wildman–Crippen MR) is 86.3 cm³/mol. The van der Waals surface area contributed by atoms with E-state index < -0.39 is 0 Å². The average molecular weight is 315 g/mol. The first-order chi connectivity index (χ1) is 10.9. The van der Waals surface area contributed by atoms with Crippen molar-refractivity contribution in [2.45, 2.75) is 52.4 Å². The first kappa shape index (κ1) is 15.1. The number of ketones is 2. The second kappa shape index (κ2) is 4.78. The van der Waals surface area contributed by atoms with Gasteiger partial charge < -0.3 is 5.21 Å². The molecule has 6 atom stereocenters. The van der Waals surface area contributed by atoms with Gasteiger partial charge in [-0.05, 0) is 54.9 Å². The third-order valence-electron chi connectivity index (χ3n) is 7.70. The molecule has 3 fully saturated rings. The van der Waals surface area contributed by atoms with Crippen LogP contribution in [0.5, 0.6) is 0 Å². The number of carbonyl (C=O) groups excluding carboxylic acids is 2. The van der Waals surface area contributed by atoms with Gasteiger partial charge in [-0.3, -0.25) is 9.59 Å². The SMILES string of the molecule is C[C@]12CCC(=O)CC1C(=NO)C[C@@H]1[C@@H]2CC[C@]2(C)C(=O)C=C[C@@H]12. The Morgan fingerprint density at radius 2 is 2.00 bits per heavy atom. The molecule has 0 aliphatic heterocycles. The number of carbonyl (C=O) groups is 2. The van der Waals surface area contributed by atoms with Crippen molar-refractivity contribution in [1.82, 2.24) is 0 Å². The fourth-order valence-electron chi connectivity index (χ4n) is 6.25. The van der Waals surface area contributed by atoms with Gasteiger partial charge >= 0.3 is 0 Å². The molecule has 1 N–H and O–H groups in total. The molecule has 0 aromatic heterocycles. The molecule has 23 heavy (non-hydrogen) atoms. The molecule has 4 aliphatic carbocycles. The van der Waals surface area contributed by atoms with E-state index in [9.17, 15) is 14.8 Å². The summed E-state index contributed by atoms with van der Waals surface area (Å²) in [4.78, 5) is 24.3. The largest absolute Gasteiger partial charge is 0.411 e. The smallest absolute Gasteiger partial charge is 0.161 e. The lowest BCUT2D eigenvalue weighted by Gasteiger charge is -2.58. The lowest BCUT2D eigenvalue weighted by atomic mass is 9.45. The van der Waals surface area contributed by atoms with Crippen molar-refractivity contribution >= 4 is 17.3 Å². The topological polar surface area (TPSA) is 66.7 Å². The van der Waals surface area contributed by atoms with Crippen LogP contribution in [0, 0.1) is 34.5 Å². The van der Waals surface area contributed by atoms with Crippen LogP contribution in [-0.4, -0.2) is 22.5 Å². The molecule has 0 heterocycles. The van der Waals surface area contributed by atoms with E-state index in [0.29, 0.717) is 30.5 Å². The highest BCUT2D eigenvalue weighted by Gasteiger charge is 2.60. The van der Waals surface area contributed by atoms with Crippen molar-refractivity contribution in [2.75, 3.05) is 0 Å². The quantitative estimate of drug-likeness (QED) is 0.550. The number of hydrogen-bond acceptors (Lipinski definition) is 4. The zero-order valence-electron chi connectivity index (χ0n) is 13.9. The van der Waals surface area contributed by atoms with Gasteiger partial charge in [-0.1, -0.05) is 25.1 Å². The maximum absolute atomic E-state index is 12.4. The molecule has 0 spiro atoms. The fourth-order valence-corrected chi connectivity index (χ4v) is 6.25. The van der Waals surface area contributed by atoms with Gasteiger partial charge in [0.1, 0.15) is 5.78 Å². The van der Waals surface area contributed by atoms with Crippen LogP contribution in [-0.2, 0) is 9.59 Å². The Morgan fingerprint density at radius 3 is 2.74 bits per heavy atom. The molecule has 4 heteroatoms. The highest BCUT2D eigenvalue weighted by molar-refractivity contribution is 5.98. The zero-order chi connectivity index (χ0) is 16.4. The van der Waals surface area contributed by atoms with Crippen LogP contribution in [0.4, 0.5) is 0 Å². The molecule has 0 saturated heterocycles. The van der Waals surface area contributed by atoms with Gasteiger partial charge in [0.15, 0.2) is 5.78 Å². The minimum atomic E-state index is -0.268. The molecule has 1 unspecified atom stereocenters. The van der Waals surface area contributed by atoms with Crippen molar-refractivity contribution in [1.29, 1.82) is 0 Å². The summed E-state index contributed by atoms with van der Waals surface area (Å²) in [7, 11) is 0. The molecule has 3 saturated carbocycles. The predicted octanol–water partition coefficient (Wildman–Crippen LogP) is 3.38. The van der Waals surface area contributed by atoms with Gasteiger partial charge in [-0.2, -0.15) is 0 Å². The first-order valence-electron chi connectivity index (χ1n) is 8.85. The van der Waals surface area contributed by atoms with Crippen LogP contribution in [0.2, 0.25) is 0 Å². The minimum absolute atomic E-state index is 0.0270. The van der Waals surface area contributed by atoms with Crippen molar-refractivity contribution in [2.24, 2.45) is 39.7 Å². The third-order valence-corrected chi connectivity index (χ3v) is 7.70. The summed E-state index contributed by atoms with van der Waals surface area (Å²) >= 11 is 0. The Hall–Kier alpha value is -1.45. The van der Waals surface area contributed by atoms with E-state index in [1.165, 1.54) is 0 Å². The average Bonchev–Trinajstić information content (AvgIpc) is 2.83. The Labute approximate surface area is 137 Å². The van der Waals surface area contributed by atoms with E-state index in [-0.39, 0.29) is 28.4 Å². The van der Waals surface area contributed by atoms with Crippen molar-refractivity contribution in [3.8, 4) is 0 Å². The van der Waals surface area contributed by atoms with Crippen LogP contribution < -0.4 is 0 Å². The lowest BCUT2D eigenvalue weighted by molar-refractivity contribution is -0.134. The van der Waals surface area contributed by atoms with E-state index >= 15 is 0 Å². The standard InChI is InChI=1S/C19H25NO3/c1-18-7-5-11(21)9-15(18)16(20-23)10-12-13-3-4-17(22)19(13,2)8-6-14(12)18/h3-4,12-15,23H,5-10H2,1-2H3/t12-,13-,14-,15?,18+,19-/m0/s1. The number of Topliss-reactive ketones (excluding diaryl/α,β-unsaturated/α-hetero) is 1.